The van der Waals surface area contributed by atoms with Crippen molar-refractivity contribution in [3.8, 4) is 0 Å². The summed E-state index contributed by atoms with van der Waals surface area (Å²) in [5, 5.41) is 4.87. The molecule has 2 aromatic carbocycles. The van der Waals surface area contributed by atoms with E-state index in [0.29, 0.717) is 4.88 Å². The SMILES string of the molecule is O=C(Nc1ccc2c(c1)nc1n2CCN(c2ccccc2)C1)c1cccs1. The molecule has 1 amide bonds. The summed E-state index contributed by atoms with van der Waals surface area (Å²) in [5.41, 5.74) is 4.03. The summed E-state index contributed by atoms with van der Waals surface area (Å²) in [6, 6.07) is 20.1. The number of hydrogen-bond acceptors (Lipinski definition) is 4. The summed E-state index contributed by atoms with van der Waals surface area (Å²) < 4.78 is 2.28. The predicted molar refractivity (Wildman–Crippen MR) is 109 cm³/mol. The molecule has 4 aromatic rings. The topological polar surface area (TPSA) is 50.2 Å². The van der Waals surface area contributed by atoms with Crippen molar-refractivity contribution in [1.29, 1.82) is 0 Å². The number of rotatable bonds is 3. The van der Waals surface area contributed by atoms with E-state index in [1.807, 2.05) is 41.8 Å². The van der Waals surface area contributed by atoms with Gasteiger partial charge in [0.15, 0.2) is 0 Å². The molecule has 0 aliphatic carbocycles. The summed E-state index contributed by atoms with van der Waals surface area (Å²) >= 11 is 1.44. The molecule has 0 spiro atoms. The summed E-state index contributed by atoms with van der Waals surface area (Å²) in [6.07, 6.45) is 0. The molecule has 0 saturated carbocycles. The number of nitrogens with zero attached hydrogens (tertiary/aromatic N) is 3. The van der Waals surface area contributed by atoms with Gasteiger partial charge in [-0.15, -0.1) is 11.3 Å². The molecule has 5 nitrogen and oxygen atoms in total. The molecule has 6 heteroatoms. The Balaban J connectivity index is 1.42. The lowest BCUT2D eigenvalue weighted by Crippen LogP contribution is -2.33. The van der Waals surface area contributed by atoms with Gasteiger partial charge in [-0.3, -0.25) is 4.79 Å². The summed E-state index contributed by atoms with van der Waals surface area (Å²) in [7, 11) is 0. The average Bonchev–Trinajstić information content (AvgIpc) is 3.35. The number of benzene rings is 2. The molecule has 0 atom stereocenters. The zero-order valence-corrected chi connectivity index (χ0v) is 15.4. The normalized spacial score (nSPS) is 13.6. The van der Waals surface area contributed by atoms with E-state index in [-0.39, 0.29) is 5.91 Å². The zero-order chi connectivity index (χ0) is 18.2. The molecule has 2 aromatic heterocycles. The minimum atomic E-state index is -0.0800. The molecular formula is C21H18N4OS. The summed E-state index contributed by atoms with van der Waals surface area (Å²) in [5.74, 6) is 0.977. The molecule has 0 unspecified atom stereocenters. The van der Waals surface area contributed by atoms with Gasteiger partial charge in [-0.05, 0) is 41.8 Å². The molecular weight excluding hydrogens is 356 g/mol. The second kappa shape index (κ2) is 6.55. The van der Waals surface area contributed by atoms with Crippen LogP contribution in [-0.4, -0.2) is 22.0 Å². The maximum atomic E-state index is 12.3. The number of para-hydroxylation sites is 1. The number of thiophene rings is 1. The summed E-state index contributed by atoms with van der Waals surface area (Å²) in [6.45, 7) is 2.65. The number of nitrogens with one attached hydrogen (secondary N) is 1. The van der Waals surface area contributed by atoms with Crippen LogP contribution >= 0.6 is 11.3 Å². The van der Waals surface area contributed by atoms with E-state index in [0.717, 1.165) is 42.2 Å². The maximum Gasteiger partial charge on any atom is 0.265 e. The first-order chi connectivity index (χ1) is 13.3. The van der Waals surface area contributed by atoms with Gasteiger partial charge in [0.05, 0.1) is 22.5 Å². The first-order valence-corrected chi connectivity index (χ1v) is 9.80. The van der Waals surface area contributed by atoms with E-state index in [4.69, 9.17) is 4.98 Å². The highest BCUT2D eigenvalue weighted by molar-refractivity contribution is 7.12. The fourth-order valence-corrected chi connectivity index (χ4v) is 4.18. The van der Waals surface area contributed by atoms with E-state index in [2.05, 4.69) is 39.0 Å². The number of carbonyl (C=O) groups excluding carboxylic acids is 1. The quantitative estimate of drug-likeness (QED) is 0.579. The van der Waals surface area contributed by atoms with E-state index in [9.17, 15) is 4.79 Å². The van der Waals surface area contributed by atoms with Crippen LogP contribution in [0, 0.1) is 0 Å². The van der Waals surface area contributed by atoms with Crippen LogP contribution in [0.2, 0.25) is 0 Å². The van der Waals surface area contributed by atoms with Crippen LogP contribution in [0.1, 0.15) is 15.5 Å². The van der Waals surface area contributed by atoms with Crippen LogP contribution in [0.3, 0.4) is 0 Å². The maximum absolute atomic E-state index is 12.3. The largest absolute Gasteiger partial charge is 0.362 e. The lowest BCUT2D eigenvalue weighted by atomic mass is 10.2. The Hall–Kier alpha value is -3.12. The van der Waals surface area contributed by atoms with Crippen molar-refractivity contribution in [2.24, 2.45) is 0 Å². The van der Waals surface area contributed by atoms with Crippen molar-refractivity contribution in [2.45, 2.75) is 13.1 Å². The molecule has 0 bridgehead atoms. The Morgan fingerprint density at radius 2 is 1.93 bits per heavy atom. The highest BCUT2D eigenvalue weighted by Crippen LogP contribution is 2.26. The first kappa shape index (κ1) is 16.1. The zero-order valence-electron chi connectivity index (χ0n) is 14.6. The minimum absolute atomic E-state index is 0.0800. The number of fused-ring (bicyclic) bond motifs is 3. The molecule has 5 rings (SSSR count). The molecule has 1 aliphatic heterocycles. The number of imidazole rings is 1. The number of hydrogen-bond donors (Lipinski definition) is 1. The lowest BCUT2D eigenvalue weighted by Gasteiger charge is -2.29. The molecule has 0 radical (unpaired) electrons. The van der Waals surface area contributed by atoms with Crippen molar-refractivity contribution in [3.63, 3.8) is 0 Å². The van der Waals surface area contributed by atoms with Gasteiger partial charge in [-0.25, -0.2) is 4.98 Å². The van der Waals surface area contributed by atoms with Crippen molar-refractivity contribution in [1.82, 2.24) is 9.55 Å². The van der Waals surface area contributed by atoms with Gasteiger partial charge in [0.25, 0.3) is 5.91 Å². The Labute approximate surface area is 160 Å². The minimum Gasteiger partial charge on any atom is -0.362 e. The van der Waals surface area contributed by atoms with Crippen LogP contribution in [0.15, 0.2) is 66.0 Å². The number of anilines is 2. The third-order valence-corrected chi connectivity index (χ3v) is 5.75. The van der Waals surface area contributed by atoms with Crippen molar-refractivity contribution in [2.75, 3.05) is 16.8 Å². The van der Waals surface area contributed by atoms with Crippen molar-refractivity contribution >= 4 is 39.7 Å². The highest BCUT2D eigenvalue weighted by Gasteiger charge is 2.20. The van der Waals surface area contributed by atoms with Crippen LogP contribution in [0.25, 0.3) is 11.0 Å². The van der Waals surface area contributed by atoms with E-state index in [1.165, 1.54) is 17.0 Å². The van der Waals surface area contributed by atoms with E-state index in [1.54, 1.807) is 0 Å². The third-order valence-electron chi connectivity index (χ3n) is 4.88. The van der Waals surface area contributed by atoms with Crippen LogP contribution in [0.5, 0.6) is 0 Å². The highest BCUT2D eigenvalue weighted by atomic mass is 32.1. The van der Waals surface area contributed by atoms with Gasteiger partial charge >= 0.3 is 0 Å². The smallest absolute Gasteiger partial charge is 0.265 e. The third kappa shape index (κ3) is 2.98. The van der Waals surface area contributed by atoms with Gasteiger partial charge in [-0.2, -0.15) is 0 Å². The fraction of sp³-hybridized carbons (Fsp3) is 0.143. The van der Waals surface area contributed by atoms with Gasteiger partial charge in [-0.1, -0.05) is 24.3 Å². The van der Waals surface area contributed by atoms with Crippen molar-refractivity contribution in [3.05, 3.63) is 76.7 Å². The molecule has 1 N–H and O–H groups in total. The van der Waals surface area contributed by atoms with Gasteiger partial charge in [0, 0.05) is 24.5 Å². The molecule has 3 heterocycles. The molecule has 0 fully saturated rings. The monoisotopic (exact) mass is 374 g/mol. The second-order valence-electron chi connectivity index (χ2n) is 6.57. The summed E-state index contributed by atoms with van der Waals surface area (Å²) in [4.78, 5) is 20.2. The molecule has 0 saturated heterocycles. The lowest BCUT2D eigenvalue weighted by molar-refractivity contribution is 0.103. The van der Waals surface area contributed by atoms with Gasteiger partial charge in [0.1, 0.15) is 5.82 Å². The van der Waals surface area contributed by atoms with Crippen LogP contribution in [-0.2, 0) is 13.1 Å². The molecule has 1 aliphatic rings. The molecule has 134 valence electrons. The Morgan fingerprint density at radius 1 is 1.04 bits per heavy atom. The van der Waals surface area contributed by atoms with E-state index < -0.39 is 0 Å². The standard InChI is InChI=1S/C21H18N4OS/c26-21(19-7-4-12-27-19)22-15-8-9-18-17(13-15)23-20-14-24(10-11-25(18)20)16-5-2-1-3-6-16/h1-9,12-13H,10-11,14H2,(H,22,26). The first-order valence-electron chi connectivity index (χ1n) is 8.92. The van der Waals surface area contributed by atoms with E-state index >= 15 is 0 Å². The average molecular weight is 374 g/mol. The molecule has 27 heavy (non-hydrogen) atoms. The number of amides is 1. The number of aromatic nitrogens is 2. The van der Waals surface area contributed by atoms with Gasteiger partial charge in [0.2, 0.25) is 0 Å². The second-order valence-corrected chi connectivity index (χ2v) is 7.52. The Kier molecular flexibility index (Phi) is 3.90. The fourth-order valence-electron chi connectivity index (χ4n) is 3.56. The van der Waals surface area contributed by atoms with Gasteiger partial charge < -0.3 is 14.8 Å². The number of carbonyl (C=O) groups is 1. The Bertz CT molecular complexity index is 1100. The van der Waals surface area contributed by atoms with Crippen LogP contribution in [0.4, 0.5) is 11.4 Å². The van der Waals surface area contributed by atoms with Crippen molar-refractivity contribution < 1.29 is 4.79 Å². The Morgan fingerprint density at radius 3 is 2.74 bits per heavy atom. The van der Waals surface area contributed by atoms with Crippen LogP contribution < -0.4 is 10.2 Å². The predicted octanol–water partition coefficient (Wildman–Crippen LogP) is 4.37.